The van der Waals surface area contributed by atoms with Gasteiger partial charge in [0, 0.05) is 18.4 Å². The first-order chi connectivity index (χ1) is 6.77. The number of aromatic amines is 1. The van der Waals surface area contributed by atoms with Gasteiger partial charge >= 0.3 is 0 Å². The zero-order valence-corrected chi connectivity index (χ0v) is 7.56. The minimum atomic E-state index is -0.278. The molecule has 0 radical (unpaired) electrons. The summed E-state index contributed by atoms with van der Waals surface area (Å²) in [6.07, 6.45) is 3.21. The van der Waals surface area contributed by atoms with Crippen LogP contribution in [0.2, 0.25) is 0 Å². The van der Waals surface area contributed by atoms with E-state index in [1.165, 1.54) is 0 Å². The summed E-state index contributed by atoms with van der Waals surface area (Å²) in [5.41, 5.74) is 5.69. The molecule has 1 amide bonds. The third-order valence-electron chi connectivity index (χ3n) is 2.20. The lowest BCUT2D eigenvalue weighted by atomic mass is 10.0. The summed E-state index contributed by atoms with van der Waals surface area (Å²) in [5.74, 6) is 0.0131. The fraction of sp³-hybridized carbons (Fsp3) is 0.500. The van der Waals surface area contributed by atoms with E-state index in [0.29, 0.717) is 19.2 Å². The summed E-state index contributed by atoms with van der Waals surface area (Å²) in [5, 5.41) is 2.63. The van der Waals surface area contributed by atoms with Gasteiger partial charge < -0.3 is 15.5 Å². The number of rotatable bonds is 2. The number of nitrogens with zero attached hydrogens (tertiary/aromatic N) is 1. The Morgan fingerprint density at radius 2 is 2.57 bits per heavy atom. The lowest BCUT2D eigenvalue weighted by Gasteiger charge is -2.11. The van der Waals surface area contributed by atoms with Crippen molar-refractivity contribution in [3.05, 3.63) is 12.4 Å². The predicted octanol–water partition coefficient (Wildman–Crippen LogP) is -0.678. The molecule has 0 spiro atoms. The van der Waals surface area contributed by atoms with Crippen molar-refractivity contribution < 1.29 is 9.53 Å². The maximum atomic E-state index is 11.6. The molecule has 4 N–H and O–H groups in total. The van der Waals surface area contributed by atoms with Crippen LogP contribution in [0.5, 0.6) is 0 Å². The molecule has 1 aliphatic heterocycles. The number of H-pyrrole nitrogens is 1. The molecule has 2 heterocycles. The Balaban J connectivity index is 1.95. The van der Waals surface area contributed by atoms with Crippen LogP contribution in [0, 0.1) is 5.92 Å². The van der Waals surface area contributed by atoms with Gasteiger partial charge in [-0.2, -0.15) is 0 Å². The van der Waals surface area contributed by atoms with E-state index in [2.05, 4.69) is 15.3 Å². The largest absolute Gasteiger partial charge is 0.379 e. The van der Waals surface area contributed by atoms with Crippen LogP contribution in [0.25, 0.3) is 0 Å². The van der Waals surface area contributed by atoms with E-state index in [4.69, 9.17) is 10.5 Å². The molecule has 2 unspecified atom stereocenters. The van der Waals surface area contributed by atoms with Gasteiger partial charge in [0.15, 0.2) is 0 Å². The van der Waals surface area contributed by atoms with Gasteiger partial charge in [-0.05, 0) is 0 Å². The molecular weight excluding hydrogens is 184 g/mol. The van der Waals surface area contributed by atoms with Crippen molar-refractivity contribution in [3.63, 3.8) is 0 Å². The van der Waals surface area contributed by atoms with Crippen LogP contribution in [0.15, 0.2) is 12.4 Å². The van der Waals surface area contributed by atoms with Crippen molar-refractivity contribution in [2.24, 2.45) is 11.7 Å². The highest BCUT2D eigenvalue weighted by Crippen LogP contribution is 2.13. The van der Waals surface area contributed by atoms with Crippen LogP contribution in [0.3, 0.4) is 0 Å². The zero-order chi connectivity index (χ0) is 9.97. The van der Waals surface area contributed by atoms with Gasteiger partial charge in [-0.3, -0.25) is 10.1 Å². The van der Waals surface area contributed by atoms with E-state index in [1.54, 1.807) is 12.4 Å². The summed E-state index contributed by atoms with van der Waals surface area (Å²) in [6.45, 7) is 0.823. The maximum Gasteiger partial charge on any atom is 0.233 e. The normalized spacial score (nSPS) is 26.4. The fourth-order valence-electron chi connectivity index (χ4n) is 1.38. The first kappa shape index (κ1) is 9.17. The molecule has 0 aromatic carbocycles. The van der Waals surface area contributed by atoms with E-state index in [9.17, 15) is 4.79 Å². The second kappa shape index (κ2) is 3.77. The molecule has 76 valence electrons. The number of hydrogen-bond donors (Lipinski definition) is 3. The minimum Gasteiger partial charge on any atom is -0.379 e. The highest BCUT2D eigenvalue weighted by molar-refractivity contribution is 5.91. The number of aromatic nitrogens is 2. The molecular formula is C8H12N4O2. The summed E-state index contributed by atoms with van der Waals surface area (Å²) in [4.78, 5) is 18.3. The average molecular weight is 196 g/mol. The van der Waals surface area contributed by atoms with Gasteiger partial charge in [-0.15, -0.1) is 0 Å². The highest BCUT2D eigenvalue weighted by Gasteiger charge is 2.31. The predicted molar refractivity (Wildman–Crippen MR) is 49.5 cm³/mol. The average Bonchev–Trinajstić information content (AvgIpc) is 2.75. The molecule has 0 saturated carbocycles. The molecule has 1 aromatic rings. The van der Waals surface area contributed by atoms with Crippen molar-refractivity contribution >= 4 is 11.9 Å². The standard InChI is InChI=1S/C8H12N4O2/c9-6-4-14-3-5(6)7(13)12-8-10-1-2-11-8/h1-2,5-6H,3-4,9H2,(H2,10,11,12,13). The summed E-state index contributed by atoms with van der Waals surface area (Å²) < 4.78 is 5.09. The number of amides is 1. The lowest BCUT2D eigenvalue weighted by Crippen LogP contribution is -2.37. The number of anilines is 1. The first-order valence-electron chi connectivity index (χ1n) is 4.41. The van der Waals surface area contributed by atoms with E-state index >= 15 is 0 Å². The molecule has 1 aromatic heterocycles. The molecule has 6 heteroatoms. The highest BCUT2D eigenvalue weighted by atomic mass is 16.5. The number of carbonyl (C=O) groups excluding carboxylic acids is 1. The van der Waals surface area contributed by atoms with E-state index in [-0.39, 0.29) is 17.9 Å². The number of imidazole rings is 1. The van der Waals surface area contributed by atoms with Gasteiger partial charge in [-0.25, -0.2) is 4.98 Å². The van der Waals surface area contributed by atoms with Crippen LogP contribution < -0.4 is 11.1 Å². The van der Waals surface area contributed by atoms with E-state index in [0.717, 1.165) is 0 Å². The molecule has 0 bridgehead atoms. The van der Waals surface area contributed by atoms with Crippen molar-refractivity contribution in [1.82, 2.24) is 9.97 Å². The third kappa shape index (κ3) is 1.75. The van der Waals surface area contributed by atoms with Crippen molar-refractivity contribution in [3.8, 4) is 0 Å². The minimum absolute atomic E-state index is 0.148. The second-order valence-electron chi connectivity index (χ2n) is 3.23. The Labute approximate surface area is 80.8 Å². The first-order valence-corrected chi connectivity index (χ1v) is 4.41. The zero-order valence-electron chi connectivity index (χ0n) is 7.56. The van der Waals surface area contributed by atoms with Crippen LogP contribution in [0.1, 0.15) is 0 Å². The molecule has 0 aliphatic carbocycles. The van der Waals surface area contributed by atoms with Crippen LogP contribution >= 0.6 is 0 Å². The molecule has 6 nitrogen and oxygen atoms in total. The number of hydrogen-bond acceptors (Lipinski definition) is 4. The molecule has 2 atom stereocenters. The summed E-state index contributed by atoms with van der Waals surface area (Å²) >= 11 is 0. The Kier molecular flexibility index (Phi) is 2.47. The van der Waals surface area contributed by atoms with Crippen LogP contribution in [0.4, 0.5) is 5.95 Å². The smallest absolute Gasteiger partial charge is 0.233 e. The molecule has 14 heavy (non-hydrogen) atoms. The Morgan fingerprint density at radius 1 is 1.71 bits per heavy atom. The Hall–Kier alpha value is -1.40. The summed E-state index contributed by atoms with van der Waals surface area (Å²) in [6, 6.07) is -0.218. The second-order valence-corrected chi connectivity index (χ2v) is 3.23. The van der Waals surface area contributed by atoms with E-state index in [1.807, 2.05) is 0 Å². The Bertz CT molecular complexity index is 311. The number of nitrogens with one attached hydrogen (secondary N) is 2. The van der Waals surface area contributed by atoms with Gasteiger partial charge in [0.05, 0.1) is 19.1 Å². The lowest BCUT2D eigenvalue weighted by molar-refractivity contribution is -0.120. The van der Waals surface area contributed by atoms with Gasteiger partial charge in [0.2, 0.25) is 11.9 Å². The van der Waals surface area contributed by atoms with Gasteiger partial charge in [-0.1, -0.05) is 0 Å². The Morgan fingerprint density at radius 3 is 3.14 bits per heavy atom. The fourth-order valence-corrected chi connectivity index (χ4v) is 1.38. The van der Waals surface area contributed by atoms with Crippen LogP contribution in [-0.4, -0.2) is 35.1 Å². The van der Waals surface area contributed by atoms with Crippen molar-refractivity contribution in [1.29, 1.82) is 0 Å². The maximum absolute atomic E-state index is 11.6. The van der Waals surface area contributed by atoms with Crippen molar-refractivity contribution in [2.45, 2.75) is 6.04 Å². The monoisotopic (exact) mass is 196 g/mol. The third-order valence-corrected chi connectivity index (χ3v) is 2.20. The summed E-state index contributed by atoms with van der Waals surface area (Å²) in [7, 11) is 0. The van der Waals surface area contributed by atoms with Crippen LogP contribution in [-0.2, 0) is 9.53 Å². The van der Waals surface area contributed by atoms with Gasteiger partial charge in [0.25, 0.3) is 0 Å². The topological polar surface area (TPSA) is 93.0 Å². The van der Waals surface area contributed by atoms with Crippen molar-refractivity contribution in [2.75, 3.05) is 18.5 Å². The molecule has 1 fully saturated rings. The number of ether oxygens (including phenoxy) is 1. The van der Waals surface area contributed by atoms with Gasteiger partial charge in [0.1, 0.15) is 0 Å². The SMILES string of the molecule is NC1COCC1C(=O)Nc1ncc[nH]1. The number of carbonyl (C=O) groups is 1. The van der Waals surface area contributed by atoms with E-state index < -0.39 is 0 Å². The number of nitrogens with two attached hydrogens (primary N) is 1. The molecule has 1 saturated heterocycles. The molecule has 2 rings (SSSR count). The molecule has 1 aliphatic rings. The quantitative estimate of drug-likeness (QED) is 0.584.